The van der Waals surface area contributed by atoms with Crippen molar-refractivity contribution in [1.29, 1.82) is 0 Å². The quantitative estimate of drug-likeness (QED) is 0.531. The lowest BCUT2D eigenvalue weighted by atomic mass is 10.0. The molecule has 3 rings (SSSR count). The second kappa shape index (κ2) is 6.38. The van der Waals surface area contributed by atoms with Crippen molar-refractivity contribution in [3.05, 3.63) is 71.8 Å². The van der Waals surface area contributed by atoms with Crippen LogP contribution >= 0.6 is 23.2 Å². The zero-order valence-electron chi connectivity index (χ0n) is 11.4. The van der Waals surface area contributed by atoms with Crippen molar-refractivity contribution in [1.82, 2.24) is 0 Å². The summed E-state index contributed by atoms with van der Waals surface area (Å²) in [7, 11) is 0. The van der Waals surface area contributed by atoms with Gasteiger partial charge in [-0.15, -0.1) is 23.2 Å². The Hall–Kier alpha value is -1.70. The molecule has 1 heterocycles. The van der Waals surface area contributed by atoms with E-state index in [1.807, 2.05) is 60.7 Å². The third-order valence-corrected chi connectivity index (χ3v) is 3.99. The van der Waals surface area contributed by atoms with Crippen LogP contribution in [-0.4, -0.2) is 0 Å². The van der Waals surface area contributed by atoms with Gasteiger partial charge in [0.1, 0.15) is 11.5 Å². The average molecular weight is 317 g/mol. The molecule has 0 amide bonds. The van der Waals surface area contributed by atoms with Crippen LogP contribution in [0, 0.1) is 0 Å². The molecule has 0 unspecified atom stereocenters. The van der Waals surface area contributed by atoms with E-state index in [1.165, 1.54) is 0 Å². The molecule has 106 valence electrons. The van der Waals surface area contributed by atoms with Crippen molar-refractivity contribution < 1.29 is 4.42 Å². The maximum atomic E-state index is 6.15. The van der Waals surface area contributed by atoms with Crippen molar-refractivity contribution in [3.63, 3.8) is 0 Å². The van der Waals surface area contributed by atoms with Gasteiger partial charge in [0, 0.05) is 22.3 Å². The highest BCUT2D eigenvalue weighted by Gasteiger charge is 2.20. The Morgan fingerprint density at radius 1 is 0.619 bits per heavy atom. The number of hydrogen-bond acceptors (Lipinski definition) is 1. The van der Waals surface area contributed by atoms with Crippen molar-refractivity contribution in [2.45, 2.75) is 11.8 Å². The van der Waals surface area contributed by atoms with Gasteiger partial charge < -0.3 is 4.42 Å². The summed E-state index contributed by atoms with van der Waals surface area (Å²) < 4.78 is 6.13. The Morgan fingerprint density at radius 2 is 1.00 bits per heavy atom. The van der Waals surface area contributed by atoms with Gasteiger partial charge in [-0.1, -0.05) is 60.7 Å². The van der Waals surface area contributed by atoms with E-state index in [1.54, 1.807) is 0 Å². The molecule has 21 heavy (non-hydrogen) atoms. The van der Waals surface area contributed by atoms with E-state index in [0.29, 0.717) is 11.8 Å². The highest BCUT2D eigenvalue weighted by atomic mass is 35.5. The fraction of sp³-hybridized carbons (Fsp3) is 0.111. The van der Waals surface area contributed by atoms with Crippen LogP contribution in [0.3, 0.4) is 0 Å². The number of benzene rings is 2. The summed E-state index contributed by atoms with van der Waals surface area (Å²) in [5.74, 6) is 2.37. The van der Waals surface area contributed by atoms with Gasteiger partial charge >= 0.3 is 0 Å². The zero-order chi connectivity index (χ0) is 14.7. The standard InChI is InChI=1S/C18H14Cl2O/c19-11-15-16(12-20)18(14-9-5-2-6-10-14)21-17(15)13-7-3-1-4-8-13/h1-10H,11-12H2. The highest BCUT2D eigenvalue weighted by Crippen LogP contribution is 2.38. The van der Waals surface area contributed by atoms with Gasteiger partial charge in [0.15, 0.2) is 0 Å². The molecule has 0 aliphatic rings. The van der Waals surface area contributed by atoms with E-state index in [2.05, 4.69) is 0 Å². The molecule has 0 spiro atoms. The summed E-state index contributed by atoms with van der Waals surface area (Å²) in [4.78, 5) is 0. The number of rotatable bonds is 4. The number of furan rings is 1. The summed E-state index contributed by atoms with van der Waals surface area (Å²) in [5.41, 5.74) is 3.97. The Labute approximate surface area is 134 Å². The average Bonchev–Trinajstić information content (AvgIpc) is 2.95. The first-order valence-corrected chi connectivity index (χ1v) is 7.79. The topological polar surface area (TPSA) is 13.1 Å². The van der Waals surface area contributed by atoms with Gasteiger partial charge in [-0.05, 0) is 0 Å². The number of alkyl halides is 2. The fourth-order valence-corrected chi connectivity index (χ4v) is 2.99. The third-order valence-electron chi connectivity index (χ3n) is 3.46. The van der Waals surface area contributed by atoms with Crippen LogP contribution in [0.1, 0.15) is 11.1 Å². The first-order valence-electron chi connectivity index (χ1n) is 6.72. The minimum absolute atomic E-state index is 0.378. The van der Waals surface area contributed by atoms with Crippen molar-refractivity contribution in [3.8, 4) is 22.6 Å². The van der Waals surface area contributed by atoms with Gasteiger partial charge in [0.2, 0.25) is 0 Å². The molecule has 0 radical (unpaired) electrons. The molecular formula is C18H14Cl2O. The first-order chi connectivity index (χ1) is 10.3. The van der Waals surface area contributed by atoms with E-state index >= 15 is 0 Å². The molecule has 0 bridgehead atoms. The Balaban J connectivity index is 2.21. The lowest BCUT2D eigenvalue weighted by Crippen LogP contribution is -1.87. The molecule has 0 aliphatic carbocycles. The summed E-state index contributed by atoms with van der Waals surface area (Å²) in [6.45, 7) is 0. The SMILES string of the molecule is ClCc1c(-c2ccccc2)oc(-c2ccccc2)c1CCl. The lowest BCUT2D eigenvalue weighted by molar-refractivity contribution is 0.594. The van der Waals surface area contributed by atoms with Gasteiger partial charge in [0.05, 0.1) is 11.8 Å². The lowest BCUT2D eigenvalue weighted by Gasteiger charge is -2.00. The fourth-order valence-electron chi connectivity index (χ4n) is 2.43. The van der Waals surface area contributed by atoms with Gasteiger partial charge in [-0.25, -0.2) is 0 Å². The normalized spacial score (nSPS) is 10.8. The third kappa shape index (κ3) is 2.72. The largest absolute Gasteiger partial charge is 0.455 e. The monoisotopic (exact) mass is 316 g/mol. The molecule has 2 aromatic carbocycles. The zero-order valence-corrected chi connectivity index (χ0v) is 12.9. The molecule has 0 saturated carbocycles. The maximum absolute atomic E-state index is 6.15. The summed E-state index contributed by atoms with van der Waals surface area (Å²) in [6, 6.07) is 20.0. The van der Waals surface area contributed by atoms with Crippen LogP contribution in [0.25, 0.3) is 22.6 Å². The smallest absolute Gasteiger partial charge is 0.139 e. The van der Waals surface area contributed by atoms with Crippen LogP contribution in [0.2, 0.25) is 0 Å². The highest BCUT2D eigenvalue weighted by molar-refractivity contribution is 6.19. The molecule has 3 heteroatoms. The predicted molar refractivity (Wildman–Crippen MR) is 88.7 cm³/mol. The van der Waals surface area contributed by atoms with Crippen LogP contribution in [0.5, 0.6) is 0 Å². The number of halogens is 2. The molecule has 1 nitrogen and oxygen atoms in total. The molecule has 3 aromatic rings. The van der Waals surface area contributed by atoms with E-state index in [-0.39, 0.29) is 0 Å². The van der Waals surface area contributed by atoms with Gasteiger partial charge in [-0.3, -0.25) is 0 Å². The van der Waals surface area contributed by atoms with Crippen LogP contribution in [0.4, 0.5) is 0 Å². The first kappa shape index (κ1) is 14.2. The van der Waals surface area contributed by atoms with Crippen LogP contribution in [-0.2, 0) is 11.8 Å². The van der Waals surface area contributed by atoms with Crippen LogP contribution in [0.15, 0.2) is 65.1 Å². The second-order valence-electron chi connectivity index (χ2n) is 4.72. The molecule has 0 saturated heterocycles. The Kier molecular flexibility index (Phi) is 4.33. The summed E-state index contributed by atoms with van der Waals surface area (Å²) >= 11 is 12.3. The molecule has 1 aromatic heterocycles. The van der Waals surface area contributed by atoms with Gasteiger partial charge in [-0.2, -0.15) is 0 Å². The van der Waals surface area contributed by atoms with E-state index in [4.69, 9.17) is 27.6 Å². The Morgan fingerprint density at radius 3 is 1.33 bits per heavy atom. The van der Waals surface area contributed by atoms with E-state index < -0.39 is 0 Å². The minimum atomic E-state index is 0.378. The van der Waals surface area contributed by atoms with Crippen molar-refractivity contribution in [2.24, 2.45) is 0 Å². The molecular weight excluding hydrogens is 303 g/mol. The molecule has 0 fully saturated rings. The van der Waals surface area contributed by atoms with E-state index in [0.717, 1.165) is 33.8 Å². The van der Waals surface area contributed by atoms with E-state index in [9.17, 15) is 0 Å². The molecule has 0 atom stereocenters. The van der Waals surface area contributed by atoms with Crippen molar-refractivity contribution in [2.75, 3.05) is 0 Å². The van der Waals surface area contributed by atoms with Crippen LogP contribution < -0.4 is 0 Å². The minimum Gasteiger partial charge on any atom is -0.455 e. The summed E-state index contributed by atoms with van der Waals surface area (Å²) in [6.07, 6.45) is 0. The maximum Gasteiger partial charge on any atom is 0.139 e. The van der Waals surface area contributed by atoms with Gasteiger partial charge in [0.25, 0.3) is 0 Å². The Bertz CT molecular complexity index is 656. The predicted octanol–water partition coefficient (Wildman–Crippen LogP) is 6.09. The summed E-state index contributed by atoms with van der Waals surface area (Å²) in [5, 5.41) is 0. The number of hydrogen-bond donors (Lipinski definition) is 0. The molecule has 0 aliphatic heterocycles. The van der Waals surface area contributed by atoms with Crippen molar-refractivity contribution >= 4 is 23.2 Å². The second-order valence-corrected chi connectivity index (χ2v) is 5.25. The molecule has 0 N–H and O–H groups in total.